The molecule has 2 aromatic heterocycles. The number of benzene rings is 2. The summed E-state index contributed by atoms with van der Waals surface area (Å²) in [6.45, 7) is 2.68. The predicted octanol–water partition coefficient (Wildman–Crippen LogP) is 5.09. The van der Waals surface area contributed by atoms with Gasteiger partial charge in [-0.05, 0) is 59.8 Å². The zero-order valence-corrected chi connectivity index (χ0v) is 13.5. The van der Waals surface area contributed by atoms with Crippen molar-refractivity contribution in [2.75, 3.05) is 6.61 Å². The summed E-state index contributed by atoms with van der Waals surface area (Å²) in [4.78, 5) is 4.22. The summed E-state index contributed by atoms with van der Waals surface area (Å²) in [5.74, 6) is 0.904. The van der Waals surface area contributed by atoms with Gasteiger partial charge in [0.25, 0.3) is 0 Å². The lowest BCUT2D eigenvalue weighted by atomic mass is 10.0. The smallest absolute Gasteiger partial charge is 0.119 e. The van der Waals surface area contributed by atoms with E-state index in [0.29, 0.717) is 6.61 Å². The molecule has 24 heavy (non-hydrogen) atoms. The molecule has 4 aromatic rings. The van der Waals surface area contributed by atoms with Crippen LogP contribution in [0.2, 0.25) is 0 Å². The zero-order valence-electron chi connectivity index (χ0n) is 13.5. The molecule has 4 rings (SSSR count). The Bertz CT molecular complexity index is 956. The average Bonchev–Trinajstić information content (AvgIpc) is 3.06. The van der Waals surface area contributed by atoms with Gasteiger partial charge < -0.3 is 9.30 Å². The standard InChI is InChI=1S/C21H18N2O/c1-2-24-20-9-7-16(8-10-20)18-6-5-17-11-13-23(21(17)14-18)19-4-3-12-22-15-19/h3-15H,2H2,1H3. The van der Waals surface area contributed by atoms with E-state index in [9.17, 15) is 0 Å². The maximum absolute atomic E-state index is 5.52. The van der Waals surface area contributed by atoms with Crippen molar-refractivity contribution in [1.29, 1.82) is 0 Å². The number of rotatable bonds is 4. The second-order valence-corrected chi connectivity index (χ2v) is 5.63. The van der Waals surface area contributed by atoms with E-state index in [2.05, 4.69) is 58.2 Å². The molecule has 0 N–H and O–H groups in total. The van der Waals surface area contributed by atoms with Crippen molar-refractivity contribution >= 4 is 10.9 Å². The first-order chi connectivity index (χ1) is 11.8. The first-order valence-corrected chi connectivity index (χ1v) is 8.10. The van der Waals surface area contributed by atoms with E-state index in [0.717, 1.165) is 11.4 Å². The number of hydrogen-bond acceptors (Lipinski definition) is 2. The van der Waals surface area contributed by atoms with Crippen LogP contribution in [-0.2, 0) is 0 Å². The minimum absolute atomic E-state index is 0.684. The fourth-order valence-electron chi connectivity index (χ4n) is 2.94. The summed E-state index contributed by atoms with van der Waals surface area (Å²) in [7, 11) is 0. The van der Waals surface area contributed by atoms with E-state index < -0.39 is 0 Å². The molecule has 0 radical (unpaired) electrons. The Morgan fingerprint density at radius 3 is 2.54 bits per heavy atom. The Balaban J connectivity index is 1.77. The number of fused-ring (bicyclic) bond motifs is 1. The molecule has 0 unspecified atom stereocenters. The second-order valence-electron chi connectivity index (χ2n) is 5.63. The lowest BCUT2D eigenvalue weighted by Crippen LogP contribution is -1.92. The molecule has 0 saturated carbocycles. The minimum Gasteiger partial charge on any atom is -0.494 e. The second kappa shape index (κ2) is 6.20. The molecular weight excluding hydrogens is 296 g/mol. The van der Waals surface area contributed by atoms with Gasteiger partial charge in [-0.1, -0.05) is 24.3 Å². The van der Waals surface area contributed by atoms with Gasteiger partial charge in [0.2, 0.25) is 0 Å². The van der Waals surface area contributed by atoms with Crippen LogP contribution in [0.4, 0.5) is 0 Å². The van der Waals surface area contributed by atoms with Crippen molar-refractivity contribution in [2.24, 2.45) is 0 Å². The molecule has 2 aromatic carbocycles. The number of nitrogens with zero attached hydrogens (tertiary/aromatic N) is 2. The van der Waals surface area contributed by atoms with Crippen LogP contribution in [0.3, 0.4) is 0 Å². The first kappa shape index (κ1) is 14.5. The fraction of sp³-hybridized carbons (Fsp3) is 0.0952. The van der Waals surface area contributed by atoms with Gasteiger partial charge in [0, 0.05) is 12.4 Å². The fourth-order valence-corrected chi connectivity index (χ4v) is 2.94. The number of ether oxygens (including phenoxy) is 1. The zero-order chi connectivity index (χ0) is 16.4. The third-order valence-electron chi connectivity index (χ3n) is 4.12. The molecule has 0 aliphatic rings. The monoisotopic (exact) mass is 314 g/mol. The Labute approximate surface area is 141 Å². The molecule has 0 amide bonds. The topological polar surface area (TPSA) is 27.1 Å². The van der Waals surface area contributed by atoms with Crippen molar-refractivity contribution < 1.29 is 4.74 Å². The van der Waals surface area contributed by atoms with Gasteiger partial charge in [-0.3, -0.25) is 4.98 Å². The summed E-state index contributed by atoms with van der Waals surface area (Å²) in [5.41, 5.74) is 4.61. The molecule has 0 atom stereocenters. The summed E-state index contributed by atoms with van der Waals surface area (Å²) in [6.07, 6.45) is 5.76. The van der Waals surface area contributed by atoms with Crippen LogP contribution >= 0.6 is 0 Å². The van der Waals surface area contributed by atoms with Gasteiger partial charge in [-0.25, -0.2) is 0 Å². The normalized spacial score (nSPS) is 10.9. The van der Waals surface area contributed by atoms with Gasteiger partial charge in [0.05, 0.1) is 24.0 Å². The van der Waals surface area contributed by atoms with E-state index in [1.807, 2.05) is 31.3 Å². The Hall–Kier alpha value is -3.07. The molecule has 0 aliphatic heterocycles. The lowest BCUT2D eigenvalue weighted by molar-refractivity contribution is 0.340. The van der Waals surface area contributed by atoms with Crippen molar-refractivity contribution in [3.8, 4) is 22.6 Å². The molecule has 3 heteroatoms. The third-order valence-corrected chi connectivity index (χ3v) is 4.12. The highest BCUT2D eigenvalue weighted by Crippen LogP contribution is 2.28. The van der Waals surface area contributed by atoms with Gasteiger partial charge in [-0.2, -0.15) is 0 Å². The number of hydrogen-bond donors (Lipinski definition) is 0. The van der Waals surface area contributed by atoms with Crippen LogP contribution in [0, 0.1) is 0 Å². The SMILES string of the molecule is CCOc1ccc(-c2ccc3ccn(-c4cccnc4)c3c2)cc1. The molecule has 0 fully saturated rings. The highest BCUT2D eigenvalue weighted by molar-refractivity contribution is 5.86. The van der Waals surface area contributed by atoms with Gasteiger partial charge in [-0.15, -0.1) is 0 Å². The predicted molar refractivity (Wildman–Crippen MR) is 97.7 cm³/mol. The van der Waals surface area contributed by atoms with Crippen molar-refractivity contribution in [1.82, 2.24) is 9.55 Å². The summed E-state index contributed by atoms with van der Waals surface area (Å²) < 4.78 is 7.69. The molecular formula is C21H18N2O. The summed E-state index contributed by atoms with van der Waals surface area (Å²) >= 11 is 0. The van der Waals surface area contributed by atoms with Crippen molar-refractivity contribution in [3.05, 3.63) is 79.3 Å². The molecule has 0 aliphatic carbocycles. The largest absolute Gasteiger partial charge is 0.494 e. The highest BCUT2D eigenvalue weighted by Gasteiger charge is 2.06. The van der Waals surface area contributed by atoms with Crippen LogP contribution in [0.1, 0.15) is 6.92 Å². The minimum atomic E-state index is 0.684. The van der Waals surface area contributed by atoms with E-state index in [4.69, 9.17) is 4.74 Å². The third kappa shape index (κ3) is 2.65. The highest BCUT2D eigenvalue weighted by atomic mass is 16.5. The van der Waals surface area contributed by atoms with E-state index in [1.54, 1.807) is 6.20 Å². The van der Waals surface area contributed by atoms with E-state index in [1.165, 1.54) is 22.0 Å². The van der Waals surface area contributed by atoms with Crippen LogP contribution < -0.4 is 4.74 Å². The molecule has 118 valence electrons. The summed E-state index contributed by atoms with van der Waals surface area (Å²) in [6, 6.07) is 20.9. The van der Waals surface area contributed by atoms with Crippen LogP contribution in [0.25, 0.3) is 27.7 Å². The van der Waals surface area contributed by atoms with Gasteiger partial charge in [0.1, 0.15) is 5.75 Å². The van der Waals surface area contributed by atoms with E-state index >= 15 is 0 Å². The number of aromatic nitrogens is 2. The number of pyridine rings is 1. The van der Waals surface area contributed by atoms with Gasteiger partial charge >= 0.3 is 0 Å². The summed E-state index contributed by atoms with van der Waals surface area (Å²) in [5, 5.41) is 1.22. The lowest BCUT2D eigenvalue weighted by Gasteiger charge is -2.08. The maximum atomic E-state index is 5.52. The maximum Gasteiger partial charge on any atom is 0.119 e. The molecule has 3 nitrogen and oxygen atoms in total. The van der Waals surface area contributed by atoms with Crippen LogP contribution in [-0.4, -0.2) is 16.2 Å². The van der Waals surface area contributed by atoms with E-state index in [-0.39, 0.29) is 0 Å². The Morgan fingerprint density at radius 1 is 0.958 bits per heavy atom. The Kier molecular flexibility index (Phi) is 3.75. The molecule has 0 bridgehead atoms. The Morgan fingerprint density at radius 2 is 1.79 bits per heavy atom. The van der Waals surface area contributed by atoms with Crippen molar-refractivity contribution in [3.63, 3.8) is 0 Å². The molecule has 0 spiro atoms. The van der Waals surface area contributed by atoms with Crippen LogP contribution in [0.15, 0.2) is 79.3 Å². The quantitative estimate of drug-likeness (QED) is 0.524. The van der Waals surface area contributed by atoms with Gasteiger partial charge in [0.15, 0.2) is 0 Å². The molecule has 2 heterocycles. The van der Waals surface area contributed by atoms with Crippen molar-refractivity contribution in [2.45, 2.75) is 6.92 Å². The molecule has 0 saturated heterocycles. The average molecular weight is 314 g/mol. The first-order valence-electron chi connectivity index (χ1n) is 8.10. The van der Waals surface area contributed by atoms with Crippen LogP contribution in [0.5, 0.6) is 5.75 Å².